The number of nitrogens with zero attached hydrogens (tertiary/aromatic N) is 4. The predicted molar refractivity (Wildman–Crippen MR) is 98.0 cm³/mol. The van der Waals surface area contributed by atoms with Gasteiger partial charge in [-0.15, -0.1) is 0 Å². The molecule has 0 bridgehead atoms. The largest absolute Gasteiger partial charge is 0.381 e. The third-order valence-electron chi connectivity index (χ3n) is 5.26. The van der Waals surface area contributed by atoms with Crippen molar-refractivity contribution in [2.24, 2.45) is 10.9 Å². The average molecular weight is 349 g/mol. The molecule has 0 amide bonds. The van der Waals surface area contributed by atoms with E-state index in [1.165, 1.54) is 18.5 Å². The highest BCUT2D eigenvalue weighted by Crippen LogP contribution is 2.15. The van der Waals surface area contributed by atoms with E-state index in [0.29, 0.717) is 0 Å². The number of rotatable bonds is 5. The van der Waals surface area contributed by atoms with E-state index >= 15 is 0 Å². The number of aliphatic imine (C=N–C) groups is 1. The molecule has 2 saturated heterocycles. The van der Waals surface area contributed by atoms with Gasteiger partial charge in [-0.25, -0.2) is 0 Å². The molecule has 7 nitrogen and oxygen atoms in total. The third-order valence-corrected chi connectivity index (χ3v) is 5.26. The lowest BCUT2D eigenvalue weighted by Crippen LogP contribution is -2.53. The highest BCUT2D eigenvalue weighted by atomic mass is 16.5. The van der Waals surface area contributed by atoms with Gasteiger partial charge in [0.1, 0.15) is 5.76 Å². The SMILES string of the molecule is CN=C(NCCc1c(C)noc1C)N1CCN(CC2CCOC2)CC1. The lowest BCUT2D eigenvalue weighted by atomic mass is 10.1. The second kappa shape index (κ2) is 8.67. The number of piperazine rings is 1. The summed E-state index contributed by atoms with van der Waals surface area (Å²) in [5, 5.41) is 7.50. The maximum atomic E-state index is 5.49. The first-order valence-electron chi connectivity index (χ1n) is 9.35. The highest BCUT2D eigenvalue weighted by molar-refractivity contribution is 5.80. The van der Waals surface area contributed by atoms with Gasteiger partial charge in [-0.2, -0.15) is 0 Å². The normalized spacial score (nSPS) is 22.6. The van der Waals surface area contributed by atoms with Crippen molar-refractivity contribution in [3.63, 3.8) is 0 Å². The summed E-state index contributed by atoms with van der Waals surface area (Å²) in [4.78, 5) is 9.38. The van der Waals surface area contributed by atoms with Crippen LogP contribution in [0.25, 0.3) is 0 Å². The average Bonchev–Trinajstić information content (AvgIpc) is 3.24. The molecule has 1 aromatic heterocycles. The highest BCUT2D eigenvalue weighted by Gasteiger charge is 2.24. The van der Waals surface area contributed by atoms with Crippen LogP contribution in [0.5, 0.6) is 0 Å². The molecule has 1 N–H and O–H groups in total. The molecule has 2 fully saturated rings. The van der Waals surface area contributed by atoms with Crippen LogP contribution in [-0.4, -0.2) is 80.4 Å². The Bertz CT molecular complexity index is 553. The molecular weight excluding hydrogens is 318 g/mol. The minimum atomic E-state index is 0.721. The molecule has 3 heterocycles. The summed E-state index contributed by atoms with van der Waals surface area (Å²) in [6.45, 7) is 12.1. The Kier molecular flexibility index (Phi) is 6.31. The van der Waals surface area contributed by atoms with E-state index in [1.54, 1.807) is 0 Å². The fraction of sp³-hybridized carbons (Fsp3) is 0.778. The van der Waals surface area contributed by atoms with Crippen molar-refractivity contribution in [1.29, 1.82) is 0 Å². The number of hydrogen-bond acceptors (Lipinski definition) is 5. The summed E-state index contributed by atoms with van der Waals surface area (Å²) in [6, 6.07) is 0. The Morgan fingerprint density at radius 1 is 1.28 bits per heavy atom. The Morgan fingerprint density at radius 2 is 2.08 bits per heavy atom. The molecule has 2 aliphatic heterocycles. The van der Waals surface area contributed by atoms with Crippen molar-refractivity contribution in [3.8, 4) is 0 Å². The van der Waals surface area contributed by atoms with E-state index in [9.17, 15) is 0 Å². The number of nitrogens with one attached hydrogen (secondary N) is 1. The first kappa shape index (κ1) is 18.2. The lowest BCUT2D eigenvalue weighted by molar-refractivity contribution is 0.139. The van der Waals surface area contributed by atoms with Crippen molar-refractivity contribution in [2.75, 3.05) is 59.5 Å². The second-order valence-corrected chi connectivity index (χ2v) is 7.04. The number of guanidine groups is 1. The fourth-order valence-corrected chi connectivity index (χ4v) is 3.73. The molecule has 0 aliphatic carbocycles. The van der Waals surface area contributed by atoms with Gasteiger partial charge >= 0.3 is 0 Å². The first-order chi connectivity index (χ1) is 12.2. The summed E-state index contributed by atoms with van der Waals surface area (Å²) in [5.74, 6) is 2.63. The van der Waals surface area contributed by atoms with Crippen LogP contribution in [0.1, 0.15) is 23.4 Å². The van der Waals surface area contributed by atoms with Crippen LogP contribution in [0.3, 0.4) is 0 Å². The van der Waals surface area contributed by atoms with Gasteiger partial charge in [0, 0.05) is 58.5 Å². The van der Waals surface area contributed by atoms with Gasteiger partial charge in [0.15, 0.2) is 5.96 Å². The van der Waals surface area contributed by atoms with Crippen molar-refractivity contribution < 1.29 is 9.26 Å². The Morgan fingerprint density at radius 3 is 2.68 bits per heavy atom. The summed E-state index contributed by atoms with van der Waals surface area (Å²) < 4.78 is 10.7. The van der Waals surface area contributed by atoms with Crippen molar-refractivity contribution >= 4 is 5.96 Å². The monoisotopic (exact) mass is 349 g/mol. The topological polar surface area (TPSA) is 66.1 Å². The maximum Gasteiger partial charge on any atom is 0.193 e. The summed E-state index contributed by atoms with van der Waals surface area (Å²) in [7, 11) is 1.86. The van der Waals surface area contributed by atoms with Crippen LogP contribution in [0, 0.1) is 19.8 Å². The molecule has 0 saturated carbocycles. The Balaban J connectivity index is 1.41. The van der Waals surface area contributed by atoms with Crippen LogP contribution < -0.4 is 5.32 Å². The summed E-state index contributed by atoms with van der Waals surface area (Å²) in [6.07, 6.45) is 2.12. The standard InChI is InChI=1S/C18H31N5O2/c1-14-17(15(2)25-21-14)4-6-20-18(19-3)23-9-7-22(8-10-23)12-16-5-11-24-13-16/h16H,4-13H2,1-3H3,(H,19,20). The maximum absolute atomic E-state index is 5.49. The molecule has 1 unspecified atom stereocenters. The number of hydrogen-bond donors (Lipinski definition) is 1. The second-order valence-electron chi connectivity index (χ2n) is 7.04. The van der Waals surface area contributed by atoms with Crippen LogP contribution >= 0.6 is 0 Å². The van der Waals surface area contributed by atoms with Crippen LogP contribution in [-0.2, 0) is 11.2 Å². The first-order valence-corrected chi connectivity index (χ1v) is 9.35. The van der Waals surface area contributed by atoms with E-state index in [-0.39, 0.29) is 0 Å². The molecule has 3 rings (SSSR count). The number of ether oxygens (including phenoxy) is 1. The summed E-state index contributed by atoms with van der Waals surface area (Å²) in [5.41, 5.74) is 2.19. The lowest BCUT2D eigenvalue weighted by Gasteiger charge is -2.37. The van der Waals surface area contributed by atoms with Crippen LogP contribution in [0.2, 0.25) is 0 Å². The van der Waals surface area contributed by atoms with Gasteiger partial charge < -0.3 is 19.5 Å². The minimum absolute atomic E-state index is 0.721. The zero-order chi connectivity index (χ0) is 17.6. The molecule has 7 heteroatoms. The molecule has 0 spiro atoms. The molecule has 2 aliphatic rings. The van der Waals surface area contributed by atoms with E-state index in [0.717, 1.165) is 75.7 Å². The fourth-order valence-electron chi connectivity index (χ4n) is 3.73. The van der Waals surface area contributed by atoms with Crippen molar-refractivity contribution in [1.82, 2.24) is 20.3 Å². The number of aromatic nitrogens is 1. The van der Waals surface area contributed by atoms with Crippen molar-refractivity contribution in [3.05, 3.63) is 17.0 Å². The van der Waals surface area contributed by atoms with Gasteiger partial charge in [-0.1, -0.05) is 5.16 Å². The molecule has 140 valence electrons. The van der Waals surface area contributed by atoms with E-state index in [2.05, 4.69) is 25.3 Å². The zero-order valence-corrected chi connectivity index (χ0v) is 15.8. The third kappa shape index (κ3) is 4.73. The van der Waals surface area contributed by atoms with Gasteiger partial charge in [0.05, 0.1) is 12.3 Å². The molecule has 1 aromatic rings. The van der Waals surface area contributed by atoms with Gasteiger partial charge in [0.2, 0.25) is 0 Å². The predicted octanol–water partition coefficient (Wildman–Crippen LogP) is 1.06. The van der Waals surface area contributed by atoms with E-state index in [1.807, 2.05) is 20.9 Å². The smallest absolute Gasteiger partial charge is 0.193 e. The van der Waals surface area contributed by atoms with Gasteiger partial charge in [0.25, 0.3) is 0 Å². The molecule has 25 heavy (non-hydrogen) atoms. The number of aryl methyl sites for hydroxylation is 2. The quantitative estimate of drug-likeness (QED) is 0.633. The molecule has 0 aromatic carbocycles. The van der Waals surface area contributed by atoms with E-state index in [4.69, 9.17) is 9.26 Å². The van der Waals surface area contributed by atoms with Gasteiger partial charge in [-0.05, 0) is 32.6 Å². The summed E-state index contributed by atoms with van der Waals surface area (Å²) >= 11 is 0. The van der Waals surface area contributed by atoms with Crippen molar-refractivity contribution in [2.45, 2.75) is 26.7 Å². The molecular formula is C18H31N5O2. The van der Waals surface area contributed by atoms with Crippen LogP contribution in [0.15, 0.2) is 9.52 Å². The van der Waals surface area contributed by atoms with E-state index < -0.39 is 0 Å². The van der Waals surface area contributed by atoms with Crippen LogP contribution in [0.4, 0.5) is 0 Å². The minimum Gasteiger partial charge on any atom is -0.381 e. The molecule has 1 atom stereocenters. The zero-order valence-electron chi connectivity index (χ0n) is 15.8. The van der Waals surface area contributed by atoms with Gasteiger partial charge in [-0.3, -0.25) is 9.89 Å². The Labute approximate surface area is 150 Å². The molecule has 0 radical (unpaired) electrons. The Hall–Kier alpha value is -1.60.